The molecule has 0 aliphatic carbocycles. The molecule has 1 aromatic carbocycles. The van der Waals surface area contributed by atoms with Crippen LogP contribution in [0.2, 0.25) is 0 Å². The van der Waals surface area contributed by atoms with Gasteiger partial charge < -0.3 is 9.84 Å². The summed E-state index contributed by atoms with van der Waals surface area (Å²) in [6.45, 7) is 7.23. The van der Waals surface area contributed by atoms with E-state index in [1.54, 1.807) is 0 Å². The number of hydrogen-bond donors (Lipinski definition) is 1. The number of rotatable bonds is 5. The minimum Gasteiger partial charge on any atom is -0.491 e. The highest BCUT2D eigenvalue weighted by Gasteiger charge is 2.18. The summed E-state index contributed by atoms with van der Waals surface area (Å²) in [4.78, 5) is 10.7. The first-order valence-electron chi connectivity index (χ1n) is 6.73. The Bertz CT molecular complexity index is 629. The molecule has 0 atom stereocenters. The van der Waals surface area contributed by atoms with Gasteiger partial charge in [0, 0.05) is 0 Å². The molecule has 6 heteroatoms. The van der Waals surface area contributed by atoms with Crippen LogP contribution in [0.15, 0.2) is 30.5 Å². The van der Waals surface area contributed by atoms with Crippen molar-refractivity contribution in [2.45, 2.75) is 32.7 Å². The Morgan fingerprint density at radius 3 is 2.67 bits per heavy atom. The predicted octanol–water partition coefficient (Wildman–Crippen LogP) is 2.35. The SMILES string of the molecule is CC(C)(C)c1ccccc1OCCn1cc(C(=O)O)nn1. The number of ether oxygens (including phenoxy) is 1. The molecule has 2 rings (SSSR count). The first kappa shape index (κ1) is 15.0. The third-order valence-electron chi connectivity index (χ3n) is 3.03. The third kappa shape index (κ3) is 3.81. The van der Waals surface area contributed by atoms with E-state index in [0.29, 0.717) is 13.2 Å². The topological polar surface area (TPSA) is 77.2 Å². The second-order valence-corrected chi connectivity index (χ2v) is 5.77. The number of carboxylic acids is 1. The van der Waals surface area contributed by atoms with Crippen molar-refractivity contribution < 1.29 is 14.6 Å². The Morgan fingerprint density at radius 2 is 2.05 bits per heavy atom. The Balaban J connectivity index is 1.99. The van der Waals surface area contributed by atoms with Gasteiger partial charge in [0.15, 0.2) is 5.69 Å². The van der Waals surface area contributed by atoms with Crippen LogP contribution in [0.5, 0.6) is 5.75 Å². The maximum atomic E-state index is 10.7. The molecule has 112 valence electrons. The first-order chi connectivity index (χ1) is 9.88. The van der Waals surface area contributed by atoms with Crippen molar-refractivity contribution in [3.63, 3.8) is 0 Å². The largest absolute Gasteiger partial charge is 0.491 e. The molecule has 1 N–H and O–H groups in total. The number of benzene rings is 1. The lowest BCUT2D eigenvalue weighted by molar-refractivity contribution is 0.0690. The van der Waals surface area contributed by atoms with E-state index >= 15 is 0 Å². The van der Waals surface area contributed by atoms with Crippen LogP contribution >= 0.6 is 0 Å². The summed E-state index contributed by atoms with van der Waals surface area (Å²) in [7, 11) is 0. The van der Waals surface area contributed by atoms with Crippen molar-refractivity contribution >= 4 is 5.97 Å². The van der Waals surface area contributed by atoms with Gasteiger partial charge in [-0.05, 0) is 17.0 Å². The van der Waals surface area contributed by atoms with Crippen LogP contribution in [0, 0.1) is 0 Å². The standard InChI is InChI=1S/C15H19N3O3/c1-15(2,3)11-6-4-5-7-13(11)21-9-8-18-10-12(14(19)20)16-17-18/h4-7,10H,8-9H2,1-3H3,(H,19,20). The van der Waals surface area contributed by atoms with Crippen LogP contribution in [0.3, 0.4) is 0 Å². The molecular weight excluding hydrogens is 270 g/mol. The monoisotopic (exact) mass is 289 g/mol. The van der Waals surface area contributed by atoms with Gasteiger partial charge in [0.25, 0.3) is 0 Å². The molecule has 6 nitrogen and oxygen atoms in total. The summed E-state index contributed by atoms with van der Waals surface area (Å²) < 4.78 is 7.26. The molecule has 0 aliphatic rings. The fourth-order valence-electron chi connectivity index (χ4n) is 1.97. The average molecular weight is 289 g/mol. The maximum Gasteiger partial charge on any atom is 0.358 e. The Kier molecular flexibility index (Phi) is 4.26. The molecule has 21 heavy (non-hydrogen) atoms. The number of carbonyl (C=O) groups is 1. The summed E-state index contributed by atoms with van der Waals surface area (Å²) in [6, 6.07) is 7.91. The molecule has 0 spiro atoms. The van der Waals surface area contributed by atoms with Gasteiger partial charge in [0.1, 0.15) is 12.4 Å². The molecular formula is C15H19N3O3. The van der Waals surface area contributed by atoms with Crippen LogP contribution in [0.4, 0.5) is 0 Å². The van der Waals surface area contributed by atoms with E-state index in [4.69, 9.17) is 9.84 Å². The van der Waals surface area contributed by atoms with Gasteiger partial charge in [0.05, 0.1) is 12.7 Å². The predicted molar refractivity (Wildman–Crippen MR) is 77.6 cm³/mol. The normalized spacial score (nSPS) is 11.4. The highest BCUT2D eigenvalue weighted by atomic mass is 16.5. The molecule has 2 aromatic rings. The number of aromatic nitrogens is 3. The quantitative estimate of drug-likeness (QED) is 0.914. The second kappa shape index (κ2) is 5.95. The minimum absolute atomic E-state index is 0.000323. The van der Waals surface area contributed by atoms with E-state index in [1.807, 2.05) is 24.3 Å². The maximum absolute atomic E-state index is 10.7. The van der Waals surface area contributed by atoms with E-state index < -0.39 is 5.97 Å². The second-order valence-electron chi connectivity index (χ2n) is 5.77. The lowest BCUT2D eigenvalue weighted by atomic mass is 9.86. The Labute approximate surface area is 123 Å². The molecule has 0 bridgehead atoms. The molecule has 0 radical (unpaired) electrons. The van der Waals surface area contributed by atoms with Gasteiger partial charge in [-0.25, -0.2) is 9.48 Å². The Hall–Kier alpha value is -2.37. The summed E-state index contributed by atoms with van der Waals surface area (Å²) in [5, 5.41) is 16.1. The van der Waals surface area contributed by atoms with Crippen molar-refractivity contribution in [1.29, 1.82) is 0 Å². The molecule has 0 amide bonds. The zero-order valence-electron chi connectivity index (χ0n) is 12.4. The Morgan fingerprint density at radius 1 is 1.33 bits per heavy atom. The van der Waals surface area contributed by atoms with Crippen LogP contribution in [-0.2, 0) is 12.0 Å². The summed E-state index contributed by atoms with van der Waals surface area (Å²) in [6.07, 6.45) is 1.39. The lowest BCUT2D eigenvalue weighted by Gasteiger charge is -2.22. The number of hydrogen-bond acceptors (Lipinski definition) is 4. The average Bonchev–Trinajstić information content (AvgIpc) is 2.87. The van der Waals surface area contributed by atoms with Crippen molar-refractivity contribution in [2.75, 3.05) is 6.61 Å². The highest BCUT2D eigenvalue weighted by molar-refractivity contribution is 5.84. The molecule has 0 saturated carbocycles. The highest BCUT2D eigenvalue weighted by Crippen LogP contribution is 2.30. The zero-order chi connectivity index (χ0) is 15.5. The van der Waals surface area contributed by atoms with Crippen LogP contribution in [0.1, 0.15) is 36.8 Å². The van der Waals surface area contributed by atoms with Gasteiger partial charge in [-0.15, -0.1) is 5.10 Å². The summed E-state index contributed by atoms with van der Waals surface area (Å²) >= 11 is 0. The molecule has 1 aromatic heterocycles. The van der Waals surface area contributed by atoms with Gasteiger partial charge in [-0.3, -0.25) is 0 Å². The fraction of sp³-hybridized carbons (Fsp3) is 0.400. The van der Waals surface area contributed by atoms with Crippen molar-refractivity contribution in [3.05, 3.63) is 41.7 Å². The summed E-state index contributed by atoms with van der Waals surface area (Å²) in [5.41, 5.74) is 1.07. The van der Waals surface area contributed by atoms with Gasteiger partial charge >= 0.3 is 5.97 Å². The lowest BCUT2D eigenvalue weighted by Crippen LogP contribution is -2.15. The van der Waals surface area contributed by atoms with E-state index in [9.17, 15) is 4.79 Å². The van der Waals surface area contributed by atoms with E-state index in [0.717, 1.165) is 11.3 Å². The third-order valence-corrected chi connectivity index (χ3v) is 3.03. The van der Waals surface area contributed by atoms with Crippen molar-refractivity contribution in [1.82, 2.24) is 15.0 Å². The van der Waals surface area contributed by atoms with E-state index in [1.165, 1.54) is 10.9 Å². The van der Waals surface area contributed by atoms with Crippen LogP contribution in [0.25, 0.3) is 0 Å². The van der Waals surface area contributed by atoms with Crippen molar-refractivity contribution in [2.24, 2.45) is 0 Å². The van der Waals surface area contributed by atoms with Crippen molar-refractivity contribution in [3.8, 4) is 5.75 Å². The van der Waals surface area contributed by atoms with E-state index in [2.05, 4.69) is 31.1 Å². The molecule has 0 saturated heterocycles. The molecule has 0 unspecified atom stereocenters. The number of aromatic carboxylic acids is 1. The minimum atomic E-state index is -1.08. The smallest absolute Gasteiger partial charge is 0.358 e. The van der Waals surface area contributed by atoms with Gasteiger partial charge in [0.2, 0.25) is 0 Å². The van der Waals surface area contributed by atoms with Gasteiger partial charge in [-0.1, -0.05) is 44.2 Å². The number of para-hydroxylation sites is 1. The van der Waals surface area contributed by atoms with Crippen LogP contribution < -0.4 is 4.74 Å². The van der Waals surface area contributed by atoms with Crippen LogP contribution in [-0.4, -0.2) is 32.7 Å². The zero-order valence-corrected chi connectivity index (χ0v) is 12.4. The fourth-order valence-corrected chi connectivity index (χ4v) is 1.97. The molecule has 0 fully saturated rings. The molecule has 0 aliphatic heterocycles. The van der Waals surface area contributed by atoms with E-state index in [-0.39, 0.29) is 11.1 Å². The first-order valence-corrected chi connectivity index (χ1v) is 6.73. The molecule has 1 heterocycles. The van der Waals surface area contributed by atoms with Gasteiger partial charge in [-0.2, -0.15) is 0 Å². The number of carboxylic acid groups (broad SMARTS) is 1. The number of nitrogens with zero attached hydrogens (tertiary/aromatic N) is 3. The summed E-state index contributed by atoms with van der Waals surface area (Å²) in [5.74, 6) is -0.246.